The minimum atomic E-state index is 0.408. The van der Waals surface area contributed by atoms with Crippen LogP contribution in [0.25, 0.3) is 0 Å². The van der Waals surface area contributed by atoms with Crippen molar-refractivity contribution < 1.29 is 0 Å². The minimum Gasteiger partial charge on any atom is -0.313 e. The first-order valence-corrected chi connectivity index (χ1v) is 7.32. The number of nitrogens with one attached hydrogen (secondary N) is 1. The number of hydrogen-bond acceptors (Lipinski definition) is 2. The first-order valence-electron chi connectivity index (χ1n) is 6.94. The topological polar surface area (TPSA) is 15.3 Å². The average molecular weight is 267 g/mol. The average Bonchev–Trinajstić information content (AvgIpc) is 2.41. The molecule has 1 aliphatic rings. The molecular weight excluding hydrogens is 244 g/mol. The lowest BCUT2D eigenvalue weighted by Gasteiger charge is -2.28. The van der Waals surface area contributed by atoms with Crippen LogP contribution in [0, 0.1) is 0 Å². The molecule has 1 aromatic rings. The van der Waals surface area contributed by atoms with Gasteiger partial charge in [0.05, 0.1) is 0 Å². The van der Waals surface area contributed by atoms with Gasteiger partial charge < -0.3 is 10.2 Å². The second-order valence-corrected chi connectivity index (χ2v) is 5.52. The summed E-state index contributed by atoms with van der Waals surface area (Å²) in [7, 11) is 2.03. The lowest BCUT2D eigenvalue weighted by atomic mass is 10.0. The lowest BCUT2D eigenvalue weighted by molar-refractivity contribution is 0.218. The predicted molar refractivity (Wildman–Crippen MR) is 78.2 cm³/mol. The fourth-order valence-corrected chi connectivity index (χ4v) is 2.89. The molecule has 1 atom stereocenters. The molecule has 0 amide bonds. The number of rotatable bonds is 5. The van der Waals surface area contributed by atoms with Crippen molar-refractivity contribution in [2.75, 3.05) is 26.7 Å². The van der Waals surface area contributed by atoms with E-state index in [0.29, 0.717) is 6.04 Å². The number of likely N-dealkylation sites (tertiary alicyclic amines) is 1. The van der Waals surface area contributed by atoms with Crippen LogP contribution in [0.1, 0.15) is 37.3 Å². The van der Waals surface area contributed by atoms with Gasteiger partial charge in [0.15, 0.2) is 0 Å². The Morgan fingerprint density at radius 2 is 2.06 bits per heavy atom. The number of nitrogens with zero attached hydrogens (tertiary/aromatic N) is 1. The van der Waals surface area contributed by atoms with E-state index < -0.39 is 0 Å². The van der Waals surface area contributed by atoms with Gasteiger partial charge in [-0.05, 0) is 63.6 Å². The highest BCUT2D eigenvalue weighted by Gasteiger charge is 2.14. The largest absolute Gasteiger partial charge is 0.313 e. The molecule has 1 unspecified atom stereocenters. The van der Waals surface area contributed by atoms with Gasteiger partial charge in [-0.1, -0.05) is 30.2 Å². The summed E-state index contributed by atoms with van der Waals surface area (Å²) in [6.07, 6.45) is 5.28. The Balaban J connectivity index is 1.88. The lowest BCUT2D eigenvalue weighted by Crippen LogP contribution is -2.32. The van der Waals surface area contributed by atoms with Crippen molar-refractivity contribution in [1.82, 2.24) is 10.2 Å². The third-order valence-corrected chi connectivity index (χ3v) is 4.02. The number of benzene rings is 1. The third-order valence-electron chi connectivity index (χ3n) is 3.78. The summed E-state index contributed by atoms with van der Waals surface area (Å²) in [4.78, 5) is 2.58. The standard InChI is InChI=1S/C15H23ClN2/c1-17-15(13-6-5-7-14(16)12-13)8-11-18-9-3-2-4-10-18/h5-7,12,15,17H,2-4,8-11H2,1H3. The Morgan fingerprint density at radius 1 is 1.28 bits per heavy atom. The first kappa shape index (κ1) is 13.9. The molecule has 3 heteroatoms. The smallest absolute Gasteiger partial charge is 0.0409 e. The monoisotopic (exact) mass is 266 g/mol. The van der Waals surface area contributed by atoms with Crippen molar-refractivity contribution >= 4 is 11.6 Å². The van der Waals surface area contributed by atoms with Crippen LogP contribution in [-0.4, -0.2) is 31.6 Å². The molecule has 0 bridgehead atoms. The molecule has 0 aliphatic carbocycles. The second kappa shape index (κ2) is 7.13. The van der Waals surface area contributed by atoms with E-state index in [9.17, 15) is 0 Å². The minimum absolute atomic E-state index is 0.408. The molecule has 0 saturated carbocycles. The third kappa shape index (κ3) is 3.98. The van der Waals surface area contributed by atoms with Gasteiger partial charge in [-0.15, -0.1) is 0 Å². The van der Waals surface area contributed by atoms with Crippen LogP contribution in [0.3, 0.4) is 0 Å². The highest BCUT2D eigenvalue weighted by Crippen LogP contribution is 2.21. The van der Waals surface area contributed by atoms with Crippen molar-refractivity contribution in [2.24, 2.45) is 0 Å². The van der Waals surface area contributed by atoms with Crippen LogP contribution in [0.2, 0.25) is 5.02 Å². The van der Waals surface area contributed by atoms with Crippen LogP contribution in [-0.2, 0) is 0 Å². The summed E-state index contributed by atoms with van der Waals surface area (Å²) in [6, 6.07) is 8.60. The molecule has 18 heavy (non-hydrogen) atoms. The Kier molecular flexibility index (Phi) is 5.48. The maximum Gasteiger partial charge on any atom is 0.0409 e. The van der Waals surface area contributed by atoms with Crippen LogP contribution in [0.4, 0.5) is 0 Å². The molecule has 1 heterocycles. The van der Waals surface area contributed by atoms with Crippen molar-refractivity contribution in [3.05, 3.63) is 34.9 Å². The molecule has 1 saturated heterocycles. The Morgan fingerprint density at radius 3 is 2.72 bits per heavy atom. The van der Waals surface area contributed by atoms with Gasteiger partial charge in [-0.3, -0.25) is 0 Å². The van der Waals surface area contributed by atoms with Gasteiger partial charge in [0.2, 0.25) is 0 Å². The summed E-state index contributed by atoms with van der Waals surface area (Å²) in [5.41, 5.74) is 1.29. The van der Waals surface area contributed by atoms with Gasteiger partial charge in [0.25, 0.3) is 0 Å². The molecule has 0 spiro atoms. The zero-order chi connectivity index (χ0) is 12.8. The maximum atomic E-state index is 6.06. The number of hydrogen-bond donors (Lipinski definition) is 1. The Hall–Kier alpha value is -0.570. The van der Waals surface area contributed by atoms with E-state index in [1.807, 2.05) is 19.2 Å². The molecular formula is C15H23ClN2. The van der Waals surface area contributed by atoms with E-state index in [4.69, 9.17) is 11.6 Å². The zero-order valence-corrected chi connectivity index (χ0v) is 11.9. The van der Waals surface area contributed by atoms with E-state index in [1.54, 1.807) is 0 Å². The van der Waals surface area contributed by atoms with Crippen LogP contribution < -0.4 is 5.32 Å². The molecule has 1 aromatic carbocycles. The van der Waals surface area contributed by atoms with E-state index in [1.165, 1.54) is 44.5 Å². The fraction of sp³-hybridized carbons (Fsp3) is 0.600. The summed E-state index contributed by atoms with van der Waals surface area (Å²) in [5, 5.41) is 4.22. The molecule has 0 aromatic heterocycles. The summed E-state index contributed by atoms with van der Waals surface area (Å²) in [6.45, 7) is 3.72. The SMILES string of the molecule is CNC(CCN1CCCCC1)c1cccc(Cl)c1. The van der Waals surface area contributed by atoms with E-state index in [0.717, 1.165) is 11.4 Å². The summed E-state index contributed by atoms with van der Waals surface area (Å²) in [5.74, 6) is 0. The highest BCUT2D eigenvalue weighted by molar-refractivity contribution is 6.30. The van der Waals surface area contributed by atoms with Crippen LogP contribution in [0.5, 0.6) is 0 Å². The fourth-order valence-electron chi connectivity index (χ4n) is 2.70. The second-order valence-electron chi connectivity index (χ2n) is 5.09. The van der Waals surface area contributed by atoms with Crippen LogP contribution >= 0.6 is 11.6 Å². The molecule has 2 rings (SSSR count). The summed E-state index contributed by atoms with van der Waals surface area (Å²) < 4.78 is 0. The van der Waals surface area contributed by atoms with Gasteiger partial charge >= 0.3 is 0 Å². The predicted octanol–water partition coefficient (Wildman–Crippen LogP) is 3.48. The zero-order valence-electron chi connectivity index (χ0n) is 11.2. The van der Waals surface area contributed by atoms with E-state index in [2.05, 4.69) is 22.3 Å². The van der Waals surface area contributed by atoms with Crippen molar-refractivity contribution in [2.45, 2.75) is 31.7 Å². The molecule has 1 fully saturated rings. The van der Waals surface area contributed by atoms with Crippen molar-refractivity contribution in [3.8, 4) is 0 Å². The van der Waals surface area contributed by atoms with Crippen molar-refractivity contribution in [1.29, 1.82) is 0 Å². The number of piperidine rings is 1. The normalized spacial score (nSPS) is 18.8. The van der Waals surface area contributed by atoms with Crippen molar-refractivity contribution in [3.63, 3.8) is 0 Å². The maximum absolute atomic E-state index is 6.06. The van der Waals surface area contributed by atoms with Gasteiger partial charge in [0, 0.05) is 11.1 Å². The van der Waals surface area contributed by atoms with Gasteiger partial charge in [0.1, 0.15) is 0 Å². The van der Waals surface area contributed by atoms with E-state index in [-0.39, 0.29) is 0 Å². The molecule has 0 radical (unpaired) electrons. The first-order chi connectivity index (χ1) is 8.79. The Labute approximate surface area is 115 Å². The quantitative estimate of drug-likeness (QED) is 0.878. The molecule has 1 aliphatic heterocycles. The Bertz CT molecular complexity index is 361. The summed E-state index contributed by atoms with van der Waals surface area (Å²) >= 11 is 6.06. The van der Waals surface area contributed by atoms with Gasteiger partial charge in [-0.25, -0.2) is 0 Å². The molecule has 2 nitrogen and oxygen atoms in total. The van der Waals surface area contributed by atoms with E-state index >= 15 is 0 Å². The molecule has 1 N–H and O–H groups in total. The van der Waals surface area contributed by atoms with Crippen LogP contribution in [0.15, 0.2) is 24.3 Å². The highest BCUT2D eigenvalue weighted by atomic mass is 35.5. The number of halogens is 1. The molecule has 100 valence electrons. The van der Waals surface area contributed by atoms with Gasteiger partial charge in [-0.2, -0.15) is 0 Å².